The van der Waals surface area contributed by atoms with Gasteiger partial charge in [0.1, 0.15) is 19.3 Å². The molecule has 1 aliphatic heterocycles. The molecule has 0 saturated carbocycles. The molecule has 0 aliphatic carbocycles. The summed E-state index contributed by atoms with van der Waals surface area (Å²) in [6.45, 7) is 24.3. The van der Waals surface area contributed by atoms with Crippen LogP contribution in [0.3, 0.4) is 0 Å². The van der Waals surface area contributed by atoms with Gasteiger partial charge in [0.2, 0.25) is 0 Å². The van der Waals surface area contributed by atoms with E-state index >= 15 is 0 Å². The predicted octanol–water partition coefficient (Wildman–Crippen LogP) is 6.35. The number of carbonyl (C=O) groups excluding carboxylic acids is 3. The second-order valence-corrected chi connectivity index (χ2v) is 10.8. The number of benzene rings is 1. The number of carboxylic acids is 1. The van der Waals surface area contributed by atoms with Crippen molar-refractivity contribution in [2.75, 3.05) is 33.5 Å². The highest BCUT2D eigenvalue weighted by Crippen LogP contribution is 2.22. The van der Waals surface area contributed by atoms with Crippen LogP contribution in [0.5, 0.6) is 0 Å². The number of carboxylic acid groups (broad SMARTS) is 1. The molecule has 2 N–H and O–H groups in total. The molecule has 0 radical (unpaired) electrons. The minimum Gasteiger partial charge on any atom is -0.478 e. The van der Waals surface area contributed by atoms with Crippen molar-refractivity contribution in [3.8, 4) is 0 Å². The summed E-state index contributed by atoms with van der Waals surface area (Å²) in [6, 6.07) is 10.0. The quantitative estimate of drug-likeness (QED) is 0.0827. The van der Waals surface area contributed by atoms with Crippen molar-refractivity contribution < 1.29 is 48.3 Å². The summed E-state index contributed by atoms with van der Waals surface area (Å²) in [5.74, 6) is -1.86. The molecule has 0 spiro atoms. The number of esters is 3. The molecule has 2 rings (SSSR count). The third kappa shape index (κ3) is 38.0. The Labute approximate surface area is 269 Å². The summed E-state index contributed by atoms with van der Waals surface area (Å²) in [7, 11) is 1.33. The number of epoxide rings is 1. The van der Waals surface area contributed by atoms with Crippen molar-refractivity contribution >= 4 is 30.0 Å². The van der Waals surface area contributed by atoms with Crippen molar-refractivity contribution in [3.63, 3.8) is 0 Å². The minimum absolute atomic E-state index is 0.0473. The fraction of sp³-hybridized carbons (Fsp3) is 0.486. The van der Waals surface area contributed by atoms with Gasteiger partial charge in [0.15, 0.2) is 0 Å². The van der Waals surface area contributed by atoms with Gasteiger partial charge in [-0.1, -0.05) is 96.3 Å². The fourth-order valence-corrected chi connectivity index (χ4v) is 2.55. The van der Waals surface area contributed by atoms with Crippen LogP contribution >= 0.6 is 0 Å². The third-order valence-corrected chi connectivity index (χ3v) is 5.06. The van der Waals surface area contributed by atoms with Gasteiger partial charge >= 0.3 is 23.9 Å². The number of unbranched alkanes of at least 4 members (excludes halogenated alkanes) is 2. The molecule has 1 saturated heterocycles. The molecule has 0 bridgehead atoms. The molecule has 1 aromatic carbocycles. The van der Waals surface area contributed by atoms with Crippen molar-refractivity contribution in [2.45, 2.75) is 72.8 Å². The Bertz CT molecular complexity index is 1020. The first-order valence-electron chi connectivity index (χ1n) is 14.5. The first-order chi connectivity index (χ1) is 21.0. The molecule has 45 heavy (non-hydrogen) atoms. The molecular weight excluding hydrogens is 580 g/mol. The normalized spacial score (nSPS) is 12.1. The molecule has 10 nitrogen and oxygen atoms in total. The van der Waals surface area contributed by atoms with E-state index in [1.165, 1.54) is 25.5 Å². The zero-order valence-electron chi connectivity index (χ0n) is 28.0. The molecular formula is C35H54O10. The standard InChI is InChI=1S/C13H24O3.C8H8.C6H10O3.C5H8O2.C3H4O2/c1-13(2,3)8-6-4-5-7-12(14)16-10-11-9-15-11;1-2-8-6-4-3-5-7-8;1-5(2)6(8)9-4-3-7;1-4(2)5(6)7-3;1-2-3(4)5/h11H,4-10H2,1-3H3;2-7H,1H2;7H,1,3-4H2,2H3;1H2,2-3H3;2H,1H2,(H,4,5). The van der Waals surface area contributed by atoms with Crippen LogP contribution in [-0.2, 0) is 38.1 Å². The lowest BCUT2D eigenvalue weighted by atomic mass is 9.89. The molecule has 1 aromatic rings. The smallest absolute Gasteiger partial charge is 0.333 e. The molecule has 1 heterocycles. The molecule has 10 heteroatoms. The highest BCUT2D eigenvalue weighted by atomic mass is 16.6. The van der Waals surface area contributed by atoms with E-state index in [0.29, 0.717) is 29.6 Å². The summed E-state index contributed by atoms with van der Waals surface area (Å²) in [4.78, 5) is 41.2. The predicted molar refractivity (Wildman–Crippen MR) is 177 cm³/mol. The number of aliphatic hydroxyl groups is 1. The van der Waals surface area contributed by atoms with Crippen molar-refractivity contribution in [3.05, 3.63) is 79.4 Å². The van der Waals surface area contributed by atoms with Gasteiger partial charge in [-0.05, 0) is 37.7 Å². The Morgan fingerprint density at radius 1 is 0.956 bits per heavy atom. The van der Waals surface area contributed by atoms with Gasteiger partial charge in [-0.2, -0.15) is 0 Å². The SMILES string of the molecule is C=C(C)C(=O)OC.C=C(C)C(=O)OCCO.C=CC(=O)O.C=Cc1ccccc1.CC(C)(C)CCCCCC(=O)OCC1CO1. The molecule has 1 atom stereocenters. The number of aliphatic hydroxyl groups excluding tert-OH is 1. The Kier molecular flexibility index (Phi) is 29.0. The average Bonchev–Trinajstić information content (AvgIpc) is 3.84. The van der Waals surface area contributed by atoms with Gasteiger partial charge in [0.25, 0.3) is 0 Å². The molecule has 1 fully saturated rings. The van der Waals surface area contributed by atoms with Gasteiger partial charge in [0.05, 0.1) is 20.3 Å². The van der Waals surface area contributed by atoms with Crippen LogP contribution in [0, 0.1) is 5.41 Å². The van der Waals surface area contributed by atoms with E-state index in [9.17, 15) is 19.2 Å². The fourth-order valence-electron chi connectivity index (χ4n) is 2.55. The highest BCUT2D eigenvalue weighted by Gasteiger charge is 2.24. The lowest BCUT2D eigenvalue weighted by molar-refractivity contribution is -0.144. The zero-order valence-corrected chi connectivity index (χ0v) is 28.0. The van der Waals surface area contributed by atoms with E-state index < -0.39 is 11.9 Å². The van der Waals surface area contributed by atoms with E-state index in [-0.39, 0.29) is 31.3 Å². The summed E-state index contributed by atoms with van der Waals surface area (Å²) < 4.78 is 18.7. The maximum absolute atomic E-state index is 11.3. The molecule has 1 aliphatic rings. The average molecular weight is 635 g/mol. The van der Waals surface area contributed by atoms with Gasteiger partial charge in [-0.3, -0.25) is 4.79 Å². The zero-order chi connectivity index (χ0) is 35.3. The summed E-state index contributed by atoms with van der Waals surface area (Å²) in [6.07, 6.45) is 7.88. The lowest BCUT2D eigenvalue weighted by Crippen LogP contribution is -2.09. The van der Waals surface area contributed by atoms with E-state index in [0.717, 1.165) is 25.5 Å². The largest absolute Gasteiger partial charge is 0.478 e. The van der Waals surface area contributed by atoms with Gasteiger partial charge in [-0.15, -0.1) is 0 Å². The van der Waals surface area contributed by atoms with Crippen LogP contribution in [-0.4, -0.2) is 73.7 Å². The van der Waals surface area contributed by atoms with Crippen LogP contribution in [0.25, 0.3) is 6.08 Å². The van der Waals surface area contributed by atoms with E-state index in [4.69, 9.17) is 19.7 Å². The van der Waals surface area contributed by atoms with Crippen molar-refractivity contribution in [2.24, 2.45) is 5.41 Å². The van der Waals surface area contributed by atoms with E-state index in [2.05, 4.69) is 56.6 Å². The summed E-state index contributed by atoms with van der Waals surface area (Å²) >= 11 is 0. The van der Waals surface area contributed by atoms with Gasteiger partial charge < -0.3 is 29.2 Å². The Morgan fingerprint density at radius 3 is 1.82 bits per heavy atom. The van der Waals surface area contributed by atoms with Crippen LogP contribution in [0.4, 0.5) is 0 Å². The number of methoxy groups -OCH3 is 1. The third-order valence-electron chi connectivity index (χ3n) is 5.06. The van der Waals surface area contributed by atoms with Crippen LogP contribution in [0.15, 0.2) is 73.9 Å². The molecule has 0 amide bonds. The summed E-state index contributed by atoms with van der Waals surface area (Å²) in [5, 5.41) is 15.8. The summed E-state index contributed by atoms with van der Waals surface area (Å²) in [5.41, 5.74) is 2.36. The Hall–Kier alpha value is -4.02. The number of carbonyl (C=O) groups is 4. The van der Waals surface area contributed by atoms with Crippen LogP contribution in [0.2, 0.25) is 0 Å². The van der Waals surface area contributed by atoms with Gasteiger partial charge in [-0.25, -0.2) is 14.4 Å². The number of rotatable bonds is 13. The van der Waals surface area contributed by atoms with Crippen molar-refractivity contribution in [1.82, 2.24) is 0 Å². The monoisotopic (exact) mass is 634 g/mol. The highest BCUT2D eigenvalue weighted by molar-refractivity contribution is 5.87. The topological polar surface area (TPSA) is 149 Å². The van der Waals surface area contributed by atoms with E-state index in [1.807, 2.05) is 36.4 Å². The van der Waals surface area contributed by atoms with E-state index in [1.54, 1.807) is 13.8 Å². The first kappa shape index (κ1) is 45.4. The number of hydrogen-bond acceptors (Lipinski definition) is 9. The van der Waals surface area contributed by atoms with Crippen molar-refractivity contribution in [1.29, 1.82) is 0 Å². The Morgan fingerprint density at radius 2 is 1.49 bits per heavy atom. The first-order valence-corrected chi connectivity index (χ1v) is 14.5. The maximum atomic E-state index is 11.3. The lowest BCUT2D eigenvalue weighted by Gasteiger charge is -2.17. The van der Waals surface area contributed by atoms with Gasteiger partial charge in [0, 0.05) is 23.6 Å². The second-order valence-electron chi connectivity index (χ2n) is 10.8. The van der Waals surface area contributed by atoms with Crippen LogP contribution < -0.4 is 0 Å². The maximum Gasteiger partial charge on any atom is 0.333 e. The second kappa shape index (κ2) is 28.7. The molecule has 254 valence electrons. The minimum atomic E-state index is -0.981. The van der Waals surface area contributed by atoms with Crippen LogP contribution in [0.1, 0.15) is 72.3 Å². The number of hydrogen-bond donors (Lipinski definition) is 2. The Balaban J connectivity index is -0.000000524. The molecule has 0 aromatic heterocycles. The molecule has 1 unspecified atom stereocenters. The number of ether oxygens (including phenoxy) is 4. The number of aliphatic carboxylic acids is 1.